The Balaban J connectivity index is 3.06. The highest BCUT2D eigenvalue weighted by Crippen LogP contribution is 2.35. The number of nitriles is 2. The number of halogens is 2. The Hall–Kier alpha value is -0.320. The molecule has 0 saturated heterocycles. The largest absolute Gasteiger partial charge is 0.192 e. The summed E-state index contributed by atoms with van der Waals surface area (Å²) in [7, 11) is 0. The molecule has 2 nitrogen and oxygen atoms in total. The van der Waals surface area contributed by atoms with Crippen molar-refractivity contribution in [2.24, 2.45) is 0 Å². The normalized spacial score (nSPS) is 27.5. The van der Waals surface area contributed by atoms with Crippen molar-refractivity contribution >= 4 is 31.9 Å². The molecule has 0 aromatic rings. The van der Waals surface area contributed by atoms with Crippen LogP contribution in [0.25, 0.3) is 0 Å². The van der Waals surface area contributed by atoms with Gasteiger partial charge in [-0.15, -0.1) is 0 Å². The predicted octanol–water partition coefficient (Wildman–Crippen LogP) is 3.04. The predicted molar refractivity (Wildman–Crippen MR) is 57.5 cm³/mol. The van der Waals surface area contributed by atoms with Crippen molar-refractivity contribution in [2.75, 3.05) is 0 Å². The van der Waals surface area contributed by atoms with Crippen molar-refractivity contribution in [2.45, 2.75) is 28.9 Å². The lowest BCUT2D eigenvalue weighted by molar-refractivity contribution is 0.627. The van der Waals surface area contributed by atoms with E-state index in [-0.39, 0.29) is 15.2 Å². The molecule has 0 bridgehead atoms. The fourth-order valence-corrected chi connectivity index (χ4v) is 3.55. The fraction of sp³-hybridized carbons (Fsp3) is 0.556. The van der Waals surface area contributed by atoms with Gasteiger partial charge < -0.3 is 0 Å². The van der Waals surface area contributed by atoms with Crippen LogP contribution in [0.4, 0.5) is 0 Å². The van der Waals surface area contributed by atoms with E-state index in [1.807, 2.05) is 12.1 Å². The summed E-state index contributed by atoms with van der Waals surface area (Å²) in [6, 6.07) is 3.88. The SMILES string of the molecule is N#CC(C#N)=C1[C@H](Br)CCC[C@@H]1Br. The van der Waals surface area contributed by atoms with Gasteiger partial charge in [-0.3, -0.25) is 0 Å². The van der Waals surface area contributed by atoms with Gasteiger partial charge >= 0.3 is 0 Å². The second-order valence-electron chi connectivity index (χ2n) is 2.92. The monoisotopic (exact) mass is 302 g/mol. The van der Waals surface area contributed by atoms with Crippen LogP contribution in [-0.4, -0.2) is 9.65 Å². The maximum atomic E-state index is 8.74. The molecule has 0 N–H and O–H groups in total. The van der Waals surface area contributed by atoms with E-state index in [9.17, 15) is 0 Å². The zero-order valence-corrected chi connectivity index (χ0v) is 10.1. The lowest BCUT2D eigenvalue weighted by Gasteiger charge is -2.25. The Morgan fingerprint density at radius 3 is 2.00 bits per heavy atom. The number of alkyl halides is 2. The minimum absolute atomic E-state index is 0.180. The molecule has 68 valence electrons. The van der Waals surface area contributed by atoms with Crippen molar-refractivity contribution in [3.05, 3.63) is 11.1 Å². The van der Waals surface area contributed by atoms with Crippen molar-refractivity contribution in [1.82, 2.24) is 0 Å². The van der Waals surface area contributed by atoms with Gasteiger partial charge in [-0.2, -0.15) is 10.5 Å². The molecule has 0 aliphatic heterocycles. The van der Waals surface area contributed by atoms with Crippen molar-refractivity contribution in [1.29, 1.82) is 10.5 Å². The first kappa shape index (κ1) is 10.8. The van der Waals surface area contributed by atoms with Crippen LogP contribution in [0.15, 0.2) is 11.1 Å². The van der Waals surface area contributed by atoms with E-state index < -0.39 is 0 Å². The number of hydrogen-bond donors (Lipinski definition) is 0. The summed E-state index contributed by atoms with van der Waals surface area (Å²) in [5.74, 6) is 0. The Kier molecular flexibility index (Phi) is 3.96. The minimum atomic E-state index is 0.180. The Bertz CT molecular complexity index is 281. The molecule has 0 radical (unpaired) electrons. The van der Waals surface area contributed by atoms with Crippen LogP contribution in [0.5, 0.6) is 0 Å². The third-order valence-corrected chi connectivity index (χ3v) is 4.00. The highest BCUT2D eigenvalue weighted by molar-refractivity contribution is 9.10. The molecule has 13 heavy (non-hydrogen) atoms. The zero-order valence-electron chi connectivity index (χ0n) is 6.93. The number of hydrogen-bond acceptors (Lipinski definition) is 2. The van der Waals surface area contributed by atoms with Gasteiger partial charge in [0.05, 0.1) is 0 Å². The summed E-state index contributed by atoms with van der Waals surface area (Å²) in [4.78, 5) is 0.361. The molecule has 1 saturated carbocycles. The molecule has 0 aromatic heterocycles. The molecule has 0 aromatic carbocycles. The average molecular weight is 304 g/mol. The second kappa shape index (κ2) is 4.79. The van der Waals surface area contributed by atoms with Gasteiger partial charge in [-0.25, -0.2) is 0 Å². The van der Waals surface area contributed by atoms with Gasteiger partial charge in [0.25, 0.3) is 0 Å². The summed E-state index contributed by atoms with van der Waals surface area (Å²) in [5.41, 5.74) is 1.17. The highest BCUT2D eigenvalue weighted by atomic mass is 79.9. The van der Waals surface area contributed by atoms with Gasteiger partial charge in [0.15, 0.2) is 0 Å². The van der Waals surface area contributed by atoms with Gasteiger partial charge in [0.2, 0.25) is 0 Å². The van der Waals surface area contributed by atoms with Crippen molar-refractivity contribution in [3.63, 3.8) is 0 Å². The minimum Gasteiger partial charge on any atom is -0.192 e. The first-order valence-corrected chi connectivity index (χ1v) is 5.86. The summed E-state index contributed by atoms with van der Waals surface area (Å²) >= 11 is 6.97. The highest BCUT2D eigenvalue weighted by Gasteiger charge is 2.26. The Morgan fingerprint density at radius 2 is 1.62 bits per heavy atom. The molecule has 0 heterocycles. The summed E-state index contributed by atoms with van der Waals surface area (Å²) in [6.45, 7) is 0. The van der Waals surface area contributed by atoms with Gasteiger partial charge in [0, 0.05) is 9.65 Å². The average Bonchev–Trinajstić information content (AvgIpc) is 2.11. The standard InChI is InChI=1S/C9H8Br2N2/c10-7-2-1-3-8(11)9(7)6(4-12)5-13/h7-8H,1-3H2/t7-,8+. The number of nitrogens with zero attached hydrogens (tertiary/aromatic N) is 2. The maximum Gasteiger partial charge on any atom is 0.131 e. The van der Waals surface area contributed by atoms with Crippen molar-refractivity contribution in [3.8, 4) is 12.1 Å². The molecular formula is C9H8Br2N2. The lowest BCUT2D eigenvalue weighted by Crippen LogP contribution is -2.20. The summed E-state index contributed by atoms with van der Waals surface area (Å²) < 4.78 is 0. The molecule has 4 heteroatoms. The van der Waals surface area contributed by atoms with Crippen LogP contribution in [0, 0.1) is 22.7 Å². The third kappa shape index (κ3) is 2.33. The van der Waals surface area contributed by atoms with Crippen LogP contribution in [0.3, 0.4) is 0 Å². The Morgan fingerprint density at radius 1 is 1.15 bits per heavy atom. The van der Waals surface area contributed by atoms with Crippen LogP contribution in [0.1, 0.15) is 19.3 Å². The summed E-state index contributed by atoms with van der Waals surface area (Å²) in [5, 5.41) is 17.5. The quantitative estimate of drug-likeness (QED) is 0.510. The van der Waals surface area contributed by atoms with Crippen LogP contribution < -0.4 is 0 Å². The first-order chi connectivity index (χ1) is 6.20. The second-order valence-corrected chi connectivity index (χ2v) is 5.13. The lowest BCUT2D eigenvalue weighted by atomic mass is 9.91. The van der Waals surface area contributed by atoms with E-state index in [1.165, 1.54) is 0 Å². The third-order valence-electron chi connectivity index (χ3n) is 2.10. The van der Waals surface area contributed by atoms with E-state index in [0.29, 0.717) is 0 Å². The Labute approximate surface area is 94.5 Å². The molecule has 0 unspecified atom stereocenters. The van der Waals surface area contributed by atoms with E-state index in [4.69, 9.17) is 10.5 Å². The summed E-state index contributed by atoms with van der Waals surface area (Å²) in [6.07, 6.45) is 3.13. The van der Waals surface area contributed by atoms with Crippen LogP contribution in [0.2, 0.25) is 0 Å². The zero-order chi connectivity index (χ0) is 9.84. The smallest absolute Gasteiger partial charge is 0.131 e. The molecule has 0 amide bonds. The molecule has 1 aliphatic rings. The van der Waals surface area contributed by atoms with E-state index in [0.717, 1.165) is 24.8 Å². The number of allylic oxidation sites excluding steroid dienone is 2. The van der Waals surface area contributed by atoms with E-state index in [1.54, 1.807) is 0 Å². The van der Waals surface area contributed by atoms with E-state index >= 15 is 0 Å². The van der Waals surface area contributed by atoms with Crippen molar-refractivity contribution < 1.29 is 0 Å². The first-order valence-electron chi connectivity index (χ1n) is 4.03. The molecule has 1 rings (SSSR count). The molecular weight excluding hydrogens is 296 g/mol. The fourth-order valence-electron chi connectivity index (χ4n) is 1.45. The molecule has 2 atom stereocenters. The van der Waals surface area contributed by atoms with E-state index in [2.05, 4.69) is 31.9 Å². The molecule has 0 spiro atoms. The molecule has 1 aliphatic carbocycles. The van der Waals surface area contributed by atoms with Crippen LogP contribution in [-0.2, 0) is 0 Å². The van der Waals surface area contributed by atoms with Gasteiger partial charge in [0.1, 0.15) is 17.7 Å². The maximum absolute atomic E-state index is 8.74. The topological polar surface area (TPSA) is 47.6 Å². The number of rotatable bonds is 0. The van der Waals surface area contributed by atoms with Gasteiger partial charge in [-0.05, 0) is 18.4 Å². The molecule has 1 fully saturated rings. The van der Waals surface area contributed by atoms with Gasteiger partial charge in [-0.1, -0.05) is 38.3 Å². The van der Waals surface area contributed by atoms with Crippen LogP contribution >= 0.6 is 31.9 Å².